The first kappa shape index (κ1) is 90.7. The van der Waals surface area contributed by atoms with Gasteiger partial charge in [0.25, 0.3) is 21.6 Å². The van der Waals surface area contributed by atoms with E-state index in [1.165, 1.54) is 71.7 Å². The number of ketones is 2. The molecule has 40 heteroatoms. The van der Waals surface area contributed by atoms with Gasteiger partial charge in [-0.2, -0.15) is 13.4 Å². The number of amides is 4. The number of anilines is 3. The molecular weight excluding hydrogens is 1630 g/mol. The van der Waals surface area contributed by atoms with E-state index in [-0.39, 0.29) is 64.8 Å². The highest BCUT2D eigenvalue weighted by Crippen LogP contribution is 2.44. The molecule has 9 rings (SSSR count). The lowest BCUT2D eigenvalue weighted by Crippen LogP contribution is -2.49. The lowest BCUT2D eigenvalue weighted by atomic mass is 9.93. The number of imide groups is 1. The number of Topliss-reactive ketones (excluding diaryl/α,β-unsaturated/α-hetero) is 2. The molecule has 0 bridgehead atoms. The van der Waals surface area contributed by atoms with Crippen LogP contribution in [-0.4, -0.2) is 215 Å². The van der Waals surface area contributed by atoms with E-state index < -0.39 is 180 Å². The van der Waals surface area contributed by atoms with Crippen LogP contribution in [0.3, 0.4) is 0 Å². The number of sulfone groups is 1. The average Bonchev–Trinajstić information content (AvgIpc) is 0.993. The van der Waals surface area contributed by atoms with E-state index in [0.717, 1.165) is 55.1 Å². The van der Waals surface area contributed by atoms with Gasteiger partial charge in [-0.05, 0) is 151 Å². The van der Waals surface area contributed by atoms with Crippen molar-refractivity contribution in [1.82, 2.24) is 50.0 Å². The molecular formula is C77H97N14O20S4Si2+. The molecule has 0 radical (unpaired) electrons. The van der Waals surface area contributed by atoms with Crippen LogP contribution in [-0.2, 0) is 75.4 Å². The first-order chi connectivity index (χ1) is 55.3. The van der Waals surface area contributed by atoms with Crippen LogP contribution in [0.15, 0.2) is 122 Å². The first-order valence-corrected chi connectivity index (χ1v) is 49.3. The van der Waals surface area contributed by atoms with E-state index in [1.54, 1.807) is 0 Å². The van der Waals surface area contributed by atoms with E-state index in [0.29, 0.717) is 67.8 Å². The third-order valence-corrected chi connectivity index (χ3v) is 33.6. The maximum Gasteiger partial charge on any atom is 0.326 e. The van der Waals surface area contributed by atoms with Gasteiger partial charge in [0.05, 0.1) is 58.8 Å². The number of nitrogens with one attached hydrogen (secondary N) is 4. The van der Waals surface area contributed by atoms with Crippen molar-refractivity contribution in [1.29, 1.82) is 0 Å². The second-order valence-electron chi connectivity index (χ2n) is 29.5. The summed E-state index contributed by atoms with van der Waals surface area (Å²) in [5.74, 6) is -11.1. The Balaban J connectivity index is 0.716. The Morgan fingerprint density at radius 1 is 0.803 bits per heavy atom. The van der Waals surface area contributed by atoms with E-state index >= 15 is 0 Å². The number of fused-ring (bicyclic) bond motifs is 3. The van der Waals surface area contributed by atoms with Crippen molar-refractivity contribution in [3.8, 4) is 22.5 Å². The van der Waals surface area contributed by atoms with E-state index in [9.17, 15) is 84.7 Å². The van der Waals surface area contributed by atoms with Crippen LogP contribution in [0.4, 0.5) is 17.3 Å². The van der Waals surface area contributed by atoms with Gasteiger partial charge in [-0.15, -0.1) is 11.8 Å². The minimum Gasteiger partial charge on any atom is -0.481 e. The monoisotopic (exact) mass is 1720 g/mol. The molecule has 12 N–H and O–H groups in total. The minimum atomic E-state index is -5.02. The van der Waals surface area contributed by atoms with Crippen molar-refractivity contribution >= 4 is 153 Å². The maximum absolute atomic E-state index is 14.1. The number of carboxylic acids is 3. The molecule has 5 heterocycles. The summed E-state index contributed by atoms with van der Waals surface area (Å²) in [7, 11) is -14.1. The standard InChI is InChI=1S/C77H96N14O20S4Si2/c1-9-89(10-2)51-18-22-55-61(34-51)110-62-35-52(90(11-3)12-4)19-23-56(62)68(55)57-24-21-54(36-64(57)115(107,108)109)114(105,106)28-26-45-39-82-77(83-40-45)113-44-117(7,8)111-116(5,6)29-13-27-91-65(94)37-63(74(91)102)112-43-46(31-66(95)96)30-60(93)59(38-78)86-72(100)48(33-67(97)98)32-53(92)20-25-58(75(103)104)85-71(99)47-14-16-49(17-15-47)80-41-50-42-81-70-69(84-50)73(101)88-76(79)87-70/h14-19,21-24,34-36,39-40,42,46,48,58-59,63H,9-13,20,25-33,37-38,41,43-44,78H2,1-8H3,(H9-,79,80,81,85,86,87,88,95,96,97,98,99,100,101,103,104,107,108,109)/p+1/t46-,48+,58+,59+,63?/m1/s1. The number of likely N-dealkylation sites (tertiary alicyclic amines) is 1. The van der Waals surface area contributed by atoms with Crippen LogP contribution >= 0.6 is 23.5 Å². The molecule has 3 aliphatic rings. The summed E-state index contributed by atoms with van der Waals surface area (Å²) in [6.07, 6.45) is 1.10. The fraction of sp³-hybridized carbons (Fsp3) is 0.429. The second-order valence-corrected chi connectivity index (χ2v) is 44.4. The number of hydrogen-bond acceptors (Lipinski definition) is 27. The minimum absolute atomic E-state index is 0.0180. The highest BCUT2D eigenvalue weighted by Gasteiger charge is 2.41. The number of hydrogen-bond donors (Lipinski definition) is 10. The number of aromatic amines is 1. The summed E-state index contributed by atoms with van der Waals surface area (Å²) in [5, 5.41) is 38.9. The highest BCUT2D eigenvalue weighted by molar-refractivity contribution is 8.01. The smallest absolute Gasteiger partial charge is 0.326 e. The van der Waals surface area contributed by atoms with Crippen molar-refractivity contribution in [2.24, 2.45) is 17.6 Å². The number of aliphatic carboxylic acids is 3. The third kappa shape index (κ3) is 24.5. The summed E-state index contributed by atoms with van der Waals surface area (Å²) in [5.41, 5.74) is 14.8. The van der Waals surface area contributed by atoms with Gasteiger partial charge in [-0.25, -0.2) is 37.7 Å². The predicted octanol–water partition coefficient (Wildman–Crippen LogP) is 6.65. The summed E-state index contributed by atoms with van der Waals surface area (Å²) in [4.78, 5) is 156. The Labute approximate surface area is 685 Å². The molecule has 1 aliphatic carbocycles. The van der Waals surface area contributed by atoms with Crippen molar-refractivity contribution < 1.29 is 88.4 Å². The quantitative estimate of drug-likeness (QED) is 0.00363. The number of benzene rings is 4. The Kier molecular flexibility index (Phi) is 30.9. The van der Waals surface area contributed by atoms with Gasteiger partial charge in [-0.1, -0.05) is 17.8 Å². The lowest BCUT2D eigenvalue weighted by molar-refractivity contribution is -0.142. The summed E-state index contributed by atoms with van der Waals surface area (Å²) in [6, 6.07) is 18.4. The largest absolute Gasteiger partial charge is 0.481 e. The Bertz CT molecular complexity index is 5400. The zero-order valence-corrected chi connectivity index (χ0v) is 71.2. The van der Waals surface area contributed by atoms with Gasteiger partial charge >= 0.3 is 17.9 Å². The lowest BCUT2D eigenvalue weighted by Gasteiger charge is -2.34. The number of aryl methyl sites for hydroxylation is 1. The summed E-state index contributed by atoms with van der Waals surface area (Å²) < 4.78 is 81.3. The fourth-order valence-corrected chi connectivity index (χ4v) is 27.5. The predicted molar refractivity (Wildman–Crippen MR) is 446 cm³/mol. The molecule has 34 nitrogen and oxygen atoms in total. The molecule has 1 saturated heterocycles. The average molecular weight is 1720 g/mol. The fourth-order valence-electron chi connectivity index (χ4n) is 13.8. The van der Waals surface area contributed by atoms with Crippen LogP contribution in [0.1, 0.15) is 101 Å². The molecule has 2 aliphatic heterocycles. The number of nitrogens with two attached hydrogens (primary N) is 2. The van der Waals surface area contributed by atoms with Gasteiger partial charge in [-0.3, -0.25) is 57.6 Å². The summed E-state index contributed by atoms with van der Waals surface area (Å²) >= 11 is 2.39. The first-order valence-electron chi connectivity index (χ1n) is 38.0. The van der Waals surface area contributed by atoms with E-state index in [1.807, 2.05) is 90.3 Å². The molecule has 0 saturated carbocycles. The zero-order valence-electron chi connectivity index (χ0n) is 66.0. The number of rotatable bonds is 44. The maximum atomic E-state index is 14.1. The number of carbonyl (C=O) groups excluding carboxylic acids is 6. The Hall–Kier alpha value is -10.2. The van der Waals surface area contributed by atoms with Crippen LogP contribution in [0.2, 0.25) is 32.2 Å². The number of nitrogens with zero attached hydrogens (tertiary/aromatic N) is 8. The number of thioether (sulfide) groups is 2. The zero-order chi connectivity index (χ0) is 85.4. The molecule has 626 valence electrons. The molecule has 0 spiro atoms. The molecule has 1 fully saturated rings. The molecule has 6 aromatic rings. The SMILES string of the molecule is CCN(CC)c1ccc2c(-c3ccc(S(=O)(=O)CCc4cnc(SC[Si](C)(C)O[Si](C)(C)CCCN5C(=O)CC(SC[C@@H](CC(=O)O)CC(=O)[C@H](CN)NC(=O)[C@H](CC(=O)O)CC(=O)CC[C@H](NC(=O)c6ccc(NCc7cnc8nc(N)[nH]c(=O)c8n7)cc6)C(=O)O)C5=O)nc4)cc3S(=O)(=O)O)c3ccc(=[N+](CC)CC)cc-3oc2c1. The number of H-pyrrole nitrogens is 1. The number of carbonyl (C=O) groups is 9. The normalized spacial score (nSPS) is 14.4. The number of nitrogen functional groups attached to an aromatic ring is 1. The van der Waals surface area contributed by atoms with Crippen LogP contribution < -0.4 is 47.8 Å². The van der Waals surface area contributed by atoms with Crippen LogP contribution in [0.25, 0.3) is 44.6 Å². The molecule has 3 aromatic carbocycles. The van der Waals surface area contributed by atoms with Gasteiger partial charge in [0.1, 0.15) is 41.2 Å². The molecule has 4 amide bonds. The molecule has 1 unspecified atom stereocenters. The highest BCUT2D eigenvalue weighted by atomic mass is 32.2. The topological polar surface area (TPSA) is 520 Å². The van der Waals surface area contributed by atoms with E-state index in [2.05, 4.69) is 55.3 Å². The summed E-state index contributed by atoms with van der Waals surface area (Å²) in [6.45, 7) is 18.9. The van der Waals surface area contributed by atoms with Crippen LogP contribution in [0, 0.1) is 11.8 Å². The van der Waals surface area contributed by atoms with E-state index in [4.69, 9.17) is 20.0 Å². The van der Waals surface area contributed by atoms with Crippen molar-refractivity contribution in [2.75, 3.05) is 72.1 Å². The second kappa shape index (κ2) is 39.8. The number of carboxylic acid groups (broad SMARTS) is 3. The van der Waals surface area contributed by atoms with Gasteiger partial charge in [0.15, 0.2) is 48.6 Å². The van der Waals surface area contributed by atoms with Gasteiger partial charge in [0, 0.05) is 127 Å². The molecule has 3 aromatic heterocycles. The Morgan fingerprint density at radius 3 is 2.15 bits per heavy atom. The van der Waals surface area contributed by atoms with Crippen molar-refractivity contribution in [3.63, 3.8) is 0 Å². The van der Waals surface area contributed by atoms with Gasteiger partial charge in [0.2, 0.25) is 29.0 Å². The van der Waals surface area contributed by atoms with Crippen molar-refractivity contribution in [2.45, 2.75) is 157 Å². The van der Waals surface area contributed by atoms with Crippen LogP contribution in [0.5, 0.6) is 0 Å². The van der Waals surface area contributed by atoms with Gasteiger partial charge < -0.3 is 56.2 Å². The third-order valence-electron chi connectivity index (χ3n) is 19.7. The molecule has 5 atom stereocenters. The molecule has 117 heavy (non-hydrogen) atoms. The Morgan fingerprint density at radius 2 is 1.50 bits per heavy atom. The number of aromatic nitrogens is 6. The van der Waals surface area contributed by atoms with Crippen molar-refractivity contribution in [3.05, 3.63) is 130 Å².